The molecule has 0 aliphatic carbocycles. The molecule has 3 aromatic rings. The highest BCUT2D eigenvalue weighted by atomic mass is 16.6. The zero-order valence-corrected chi connectivity index (χ0v) is 21.7. The summed E-state index contributed by atoms with van der Waals surface area (Å²) in [7, 11) is 0. The van der Waals surface area contributed by atoms with E-state index in [1.807, 2.05) is 57.2 Å². The van der Waals surface area contributed by atoms with E-state index >= 15 is 0 Å². The molecule has 4 rings (SSSR count). The normalized spacial score (nSPS) is 17.3. The zero-order valence-electron chi connectivity index (χ0n) is 21.7. The Morgan fingerprint density at radius 3 is 2.43 bits per heavy atom. The molecule has 8 heteroatoms. The summed E-state index contributed by atoms with van der Waals surface area (Å²) in [6.45, 7) is 15.7. The van der Waals surface area contributed by atoms with Gasteiger partial charge in [0.1, 0.15) is 11.4 Å². The maximum absolute atomic E-state index is 12.0. The van der Waals surface area contributed by atoms with Crippen molar-refractivity contribution >= 4 is 22.8 Å². The Bertz CT molecular complexity index is 1220. The number of nitrogens with zero attached hydrogens (tertiary/aromatic N) is 4. The van der Waals surface area contributed by atoms with Crippen molar-refractivity contribution in [2.24, 2.45) is 0 Å². The fourth-order valence-electron chi connectivity index (χ4n) is 4.47. The molecule has 0 unspecified atom stereocenters. The molecule has 35 heavy (non-hydrogen) atoms. The summed E-state index contributed by atoms with van der Waals surface area (Å²) >= 11 is 0. The van der Waals surface area contributed by atoms with Crippen LogP contribution in [0.25, 0.3) is 22.3 Å². The van der Waals surface area contributed by atoms with Gasteiger partial charge in [-0.15, -0.1) is 0 Å². The fourth-order valence-corrected chi connectivity index (χ4v) is 4.47. The van der Waals surface area contributed by atoms with E-state index < -0.39 is 11.7 Å². The van der Waals surface area contributed by atoms with Crippen LogP contribution >= 0.6 is 0 Å². The highest BCUT2D eigenvalue weighted by Crippen LogP contribution is 2.31. The first-order chi connectivity index (χ1) is 16.3. The second kappa shape index (κ2) is 9.07. The van der Waals surface area contributed by atoms with Gasteiger partial charge in [-0.05, 0) is 78.8 Å². The summed E-state index contributed by atoms with van der Waals surface area (Å²) in [5.41, 5.74) is 1.99. The number of hydrogen-bond acceptors (Lipinski definition) is 7. The third-order valence-electron chi connectivity index (χ3n) is 5.46. The summed E-state index contributed by atoms with van der Waals surface area (Å²) in [5, 5.41) is 3.66. The number of rotatable bonds is 4. The van der Waals surface area contributed by atoms with Crippen LogP contribution in [0.4, 0.5) is 10.6 Å². The van der Waals surface area contributed by atoms with Crippen LogP contribution in [-0.2, 0) is 16.0 Å². The molecule has 4 heterocycles. The van der Waals surface area contributed by atoms with E-state index in [1.54, 1.807) is 6.20 Å². The maximum atomic E-state index is 12.0. The van der Waals surface area contributed by atoms with Gasteiger partial charge in [-0.2, -0.15) is 0 Å². The number of nitrogens with one attached hydrogen (secondary N) is 1. The number of amides is 1. The largest absolute Gasteiger partial charge is 0.444 e. The number of fused-ring (bicyclic) bond motifs is 1. The summed E-state index contributed by atoms with van der Waals surface area (Å²) in [6, 6.07) is 11.9. The zero-order chi connectivity index (χ0) is 25.4. The lowest BCUT2D eigenvalue weighted by Gasteiger charge is -2.47. The van der Waals surface area contributed by atoms with Crippen LogP contribution in [0, 0.1) is 0 Å². The number of alkyl carbamates (subject to hydrolysis) is 1. The first kappa shape index (κ1) is 24.9. The standard InChI is InChI=1S/C27H35N5O3/c1-25(2,3)34-24(33)29-15-19-13-22-18(14-28-19)11-12-21(30-22)20-9-8-10-23(31-20)32-16-26(4,5)35-27(6,7)17-32/h8-14H,15-17H2,1-7H3,(H,29,33). The number of morpholine rings is 1. The molecule has 8 nitrogen and oxygen atoms in total. The SMILES string of the molecule is CC(C)(C)OC(=O)NCc1cc2nc(-c3cccc(N4CC(C)(C)OC(C)(C)C4)n3)ccc2cn1. The second-order valence-corrected chi connectivity index (χ2v) is 11.3. The third kappa shape index (κ3) is 6.45. The average molecular weight is 478 g/mol. The Labute approximate surface area is 207 Å². The molecule has 3 aromatic heterocycles. The van der Waals surface area contributed by atoms with Gasteiger partial charge in [0.15, 0.2) is 0 Å². The average Bonchev–Trinajstić information content (AvgIpc) is 2.74. The highest BCUT2D eigenvalue weighted by molar-refractivity contribution is 5.81. The van der Waals surface area contributed by atoms with Gasteiger partial charge in [-0.3, -0.25) is 4.98 Å². The quantitative estimate of drug-likeness (QED) is 0.558. The lowest BCUT2D eigenvalue weighted by Crippen LogP contribution is -2.57. The van der Waals surface area contributed by atoms with E-state index in [9.17, 15) is 4.79 Å². The van der Waals surface area contributed by atoms with Crippen molar-refractivity contribution in [3.63, 3.8) is 0 Å². The smallest absolute Gasteiger partial charge is 0.407 e. The van der Waals surface area contributed by atoms with E-state index in [4.69, 9.17) is 19.4 Å². The lowest BCUT2D eigenvalue weighted by molar-refractivity contribution is -0.133. The molecule has 186 valence electrons. The molecule has 0 spiro atoms. The van der Waals surface area contributed by atoms with E-state index in [-0.39, 0.29) is 17.7 Å². The number of aromatic nitrogens is 3. The van der Waals surface area contributed by atoms with E-state index in [1.165, 1.54) is 0 Å². The van der Waals surface area contributed by atoms with Crippen molar-refractivity contribution < 1.29 is 14.3 Å². The second-order valence-electron chi connectivity index (χ2n) is 11.3. The Hall–Kier alpha value is -3.26. The molecule has 0 atom stereocenters. The maximum Gasteiger partial charge on any atom is 0.407 e. The number of carbonyl (C=O) groups is 1. The molecule has 1 saturated heterocycles. The highest BCUT2D eigenvalue weighted by Gasteiger charge is 2.38. The number of anilines is 1. The van der Waals surface area contributed by atoms with Crippen molar-refractivity contribution in [1.29, 1.82) is 0 Å². The molecular weight excluding hydrogens is 442 g/mol. The van der Waals surface area contributed by atoms with Crippen molar-refractivity contribution in [3.8, 4) is 11.4 Å². The topological polar surface area (TPSA) is 89.5 Å². The first-order valence-corrected chi connectivity index (χ1v) is 11.9. The molecule has 0 aromatic carbocycles. The predicted molar refractivity (Wildman–Crippen MR) is 137 cm³/mol. The Balaban J connectivity index is 1.56. The molecular formula is C27H35N5O3. The first-order valence-electron chi connectivity index (χ1n) is 11.9. The molecule has 1 fully saturated rings. The van der Waals surface area contributed by atoms with Gasteiger partial charge in [-0.1, -0.05) is 6.07 Å². The van der Waals surface area contributed by atoms with Crippen LogP contribution in [0.3, 0.4) is 0 Å². The van der Waals surface area contributed by atoms with E-state index in [2.05, 4.69) is 42.9 Å². The summed E-state index contributed by atoms with van der Waals surface area (Å²) in [6.07, 6.45) is 1.29. The van der Waals surface area contributed by atoms with Crippen molar-refractivity contribution in [2.45, 2.75) is 71.8 Å². The summed E-state index contributed by atoms with van der Waals surface area (Å²) < 4.78 is 11.5. The van der Waals surface area contributed by atoms with Crippen molar-refractivity contribution in [1.82, 2.24) is 20.3 Å². The van der Waals surface area contributed by atoms with Crippen LogP contribution in [-0.4, -0.2) is 50.9 Å². The van der Waals surface area contributed by atoms with E-state index in [0.717, 1.165) is 41.2 Å². The lowest BCUT2D eigenvalue weighted by atomic mass is 9.99. The molecule has 0 saturated carbocycles. The third-order valence-corrected chi connectivity index (χ3v) is 5.46. The van der Waals surface area contributed by atoms with Crippen LogP contribution in [0.1, 0.15) is 54.2 Å². The monoisotopic (exact) mass is 477 g/mol. The van der Waals surface area contributed by atoms with Gasteiger partial charge < -0.3 is 19.7 Å². The van der Waals surface area contributed by atoms with Gasteiger partial charge >= 0.3 is 6.09 Å². The van der Waals surface area contributed by atoms with Gasteiger partial charge in [-0.25, -0.2) is 14.8 Å². The number of hydrogen-bond donors (Lipinski definition) is 1. The Morgan fingerprint density at radius 1 is 1.06 bits per heavy atom. The van der Waals surface area contributed by atoms with Crippen molar-refractivity contribution in [2.75, 3.05) is 18.0 Å². The molecule has 0 radical (unpaired) electrons. The number of pyridine rings is 3. The van der Waals surface area contributed by atoms with Crippen LogP contribution < -0.4 is 10.2 Å². The Kier molecular flexibility index (Phi) is 6.44. The van der Waals surface area contributed by atoms with Crippen LogP contribution in [0.5, 0.6) is 0 Å². The van der Waals surface area contributed by atoms with Gasteiger partial charge in [0.25, 0.3) is 0 Å². The summed E-state index contributed by atoms with van der Waals surface area (Å²) in [4.78, 5) is 28.5. The molecule has 1 amide bonds. The minimum Gasteiger partial charge on any atom is -0.444 e. The van der Waals surface area contributed by atoms with Gasteiger partial charge in [0.05, 0.1) is 40.3 Å². The van der Waals surface area contributed by atoms with Crippen molar-refractivity contribution in [3.05, 3.63) is 48.3 Å². The van der Waals surface area contributed by atoms with Gasteiger partial charge in [0, 0.05) is 24.7 Å². The number of ether oxygens (including phenoxy) is 2. The van der Waals surface area contributed by atoms with Crippen LogP contribution in [0.2, 0.25) is 0 Å². The minimum absolute atomic E-state index is 0.257. The predicted octanol–water partition coefficient (Wildman–Crippen LogP) is 5.11. The molecule has 1 aliphatic rings. The molecule has 1 N–H and O–H groups in total. The number of carbonyl (C=O) groups excluding carboxylic acids is 1. The molecule has 1 aliphatic heterocycles. The van der Waals surface area contributed by atoms with E-state index in [0.29, 0.717) is 5.69 Å². The molecule has 0 bridgehead atoms. The minimum atomic E-state index is -0.550. The Morgan fingerprint density at radius 2 is 1.74 bits per heavy atom. The summed E-state index contributed by atoms with van der Waals surface area (Å²) in [5.74, 6) is 0.908. The van der Waals surface area contributed by atoms with Crippen LogP contribution in [0.15, 0.2) is 42.6 Å². The fraction of sp³-hybridized carbons (Fsp3) is 0.481. The van der Waals surface area contributed by atoms with Gasteiger partial charge in [0.2, 0.25) is 0 Å².